The zero-order valence-electron chi connectivity index (χ0n) is 11.4. The van der Waals surface area contributed by atoms with E-state index in [1.165, 1.54) is 31.0 Å². The normalized spacial score (nSPS) is 14.6. The van der Waals surface area contributed by atoms with Gasteiger partial charge >= 0.3 is 0 Å². The number of benzene rings is 2. The van der Waals surface area contributed by atoms with Gasteiger partial charge in [0.25, 0.3) is 0 Å². The first-order chi connectivity index (χ1) is 9.61. The molecule has 0 amide bonds. The summed E-state index contributed by atoms with van der Waals surface area (Å²) in [6, 6.07) is 10.4. The summed E-state index contributed by atoms with van der Waals surface area (Å²) in [6.07, 6.45) is 2.37. The number of nitrogens with one attached hydrogen (secondary N) is 1. The molecule has 1 saturated carbocycles. The van der Waals surface area contributed by atoms with Crippen molar-refractivity contribution in [2.24, 2.45) is 0 Å². The van der Waals surface area contributed by atoms with Crippen LogP contribution in [-0.4, -0.2) is 6.04 Å². The van der Waals surface area contributed by atoms with E-state index in [2.05, 4.69) is 5.32 Å². The minimum Gasteiger partial charge on any atom is -0.310 e. The highest BCUT2D eigenvalue weighted by Crippen LogP contribution is 2.25. The molecule has 0 radical (unpaired) electrons. The van der Waals surface area contributed by atoms with Gasteiger partial charge in [-0.05, 0) is 54.7 Å². The molecular weight excluding hydrogens is 256 g/mol. The molecule has 0 atom stereocenters. The molecule has 0 aromatic heterocycles. The molecule has 1 aliphatic rings. The molecule has 1 N–H and O–H groups in total. The van der Waals surface area contributed by atoms with E-state index in [1.54, 1.807) is 6.07 Å². The number of hydrogen-bond acceptors (Lipinski definition) is 1. The number of halogens is 2. The SMILES string of the molecule is Cc1cc(F)cc(-c2ccc(CNC3CC3)c(F)c2)c1. The maximum absolute atomic E-state index is 14.1. The molecule has 0 unspecified atom stereocenters. The minimum absolute atomic E-state index is 0.238. The summed E-state index contributed by atoms with van der Waals surface area (Å²) in [5, 5.41) is 3.29. The Morgan fingerprint density at radius 3 is 2.50 bits per heavy atom. The predicted molar refractivity (Wildman–Crippen MR) is 76.4 cm³/mol. The first kappa shape index (κ1) is 13.3. The summed E-state index contributed by atoms with van der Waals surface area (Å²) in [7, 11) is 0. The van der Waals surface area contributed by atoms with Crippen LogP contribution in [0.25, 0.3) is 11.1 Å². The van der Waals surface area contributed by atoms with Crippen LogP contribution in [0.15, 0.2) is 36.4 Å². The summed E-state index contributed by atoms with van der Waals surface area (Å²) in [5.41, 5.74) is 2.91. The molecular formula is C17H17F2N. The fourth-order valence-corrected chi connectivity index (χ4v) is 2.31. The van der Waals surface area contributed by atoms with Gasteiger partial charge in [-0.2, -0.15) is 0 Å². The van der Waals surface area contributed by atoms with Crippen molar-refractivity contribution in [3.05, 3.63) is 59.2 Å². The molecule has 2 aromatic rings. The largest absolute Gasteiger partial charge is 0.310 e. The van der Waals surface area contributed by atoms with Crippen molar-refractivity contribution in [1.82, 2.24) is 5.32 Å². The Balaban J connectivity index is 1.84. The van der Waals surface area contributed by atoms with Crippen LogP contribution in [0.5, 0.6) is 0 Å². The third-order valence-electron chi connectivity index (χ3n) is 3.59. The standard InChI is InChI=1S/C17H17F2N/c1-11-6-14(8-15(18)7-11)12-2-3-13(17(19)9-12)10-20-16-4-5-16/h2-3,6-9,16,20H,4-5,10H2,1H3. The van der Waals surface area contributed by atoms with Crippen LogP contribution in [0.4, 0.5) is 8.78 Å². The predicted octanol–water partition coefficient (Wildman–Crippen LogP) is 4.19. The summed E-state index contributed by atoms with van der Waals surface area (Å²) in [4.78, 5) is 0. The van der Waals surface area contributed by atoms with Gasteiger partial charge in [0.15, 0.2) is 0 Å². The average molecular weight is 273 g/mol. The quantitative estimate of drug-likeness (QED) is 0.880. The molecule has 0 heterocycles. The molecule has 0 spiro atoms. The summed E-state index contributed by atoms with van der Waals surface area (Å²) >= 11 is 0. The van der Waals surface area contributed by atoms with Crippen molar-refractivity contribution in [2.75, 3.05) is 0 Å². The van der Waals surface area contributed by atoms with Crippen molar-refractivity contribution in [1.29, 1.82) is 0 Å². The van der Waals surface area contributed by atoms with E-state index in [0.29, 0.717) is 29.3 Å². The first-order valence-electron chi connectivity index (χ1n) is 6.91. The molecule has 20 heavy (non-hydrogen) atoms. The van der Waals surface area contributed by atoms with E-state index in [4.69, 9.17) is 0 Å². The van der Waals surface area contributed by atoms with E-state index in [9.17, 15) is 8.78 Å². The lowest BCUT2D eigenvalue weighted by molar-refractivity contribution is 0.587. The Kier molecular flexibility index (Phi) is 3.53. The van der Waals surface area contributed by atoms with Crippen molar-refractivity contribution in [2.45, 2.75) is 32.4 Å². The van der Waals surface area contributed by atoms with E-state index < -0.39 is 0 Å². The van der Waals surface area contributed by atoms with E-state index in [-0.39, 0.29) is 11.6 Å². The second-order valence-electron chi connectivity index (χ2n) is 5.48. The highest BCUT2D eigenvalue weighted by molar-refractivity contribution is 5.64. The Morgan fingerprint density at radius 1 is 1.05 bits per heavy atom. The Hall–Kier alpha value is -1.74. The Labute approximate surface area is 117 Å². The highest BCUT2D eigenvalue weighted by Gasteiger charge is 2.20. The van der Waals surface area contributed by atoms with Crippen LogP contribution in [0.3, 0.4) is 0 Å². The second kappa shape index (κ2) is 5.33. The second-order valence-corrected chi connectivity index (χ2v) is 5.48. The molecule has 0 bridgehead atoms. The minimum atomic E-state index is -0.292. The molecule has 104 valence electrons. The lowest BCUT2D eigenvalue weighted by atomic mass is 10.0. The molecule has 1 aliphatic carbocycles. The molecule has 2 aromatic carbocycles. The number of hydrogen-bond donors (Lipinski definition) is 1. The van der Waals surface area contributed by atoms with Crippen LogP contribution >= 0.6 is 0 Å². The molecule has 0 aliphatic heterocycles. The van der Waals surface area contributed by atoms with Gasteiger partial charge in [-0.15, -0.1) is 0 Å². The van der Waals surface area contributed by atoms with Crippen molar-refractivity contribution >= 4 is 0 Å². The third kappa shape index (κ3) is 3.05. The van der Waals surface area contributed by atoms with Gasteiger partial charge in [0.05, 0.1) is 0 Å². The van der Waals surface area contributed by atoms with Crippen molar-refractivity contribution in [3.63, 3.8) is 0 Å². The van der Waals surface area contributed by atoms with E-state index >= 15 is 0 Å². The molecule has 0 saturated heterocycles. The third-order valence-corrected chi connectivity index (χ3v) is 3.59. The van der Waals surface area contributed by atoms with Crippen LogP contribution in [0.1, 0.15) is 24.0 Å². The lowest BCUT2D eigenvalue weighted by Crippen LogP contribution is -2.16. The zero-order chi connectivity index (χ0) is 14.1. The Morgan fingerprint density at radius 2 is 1.85 bits per heavy atom. The van der Waals surface area contributed by atoms with Crippen LogP contribution in [0, 0.1) is 18.6 Å². The topological polar surface area (TPSA) is 12.0 Å². The number of rotatable bonds is 4. The number of aryl methyl sites for hydroxylation is 1. The van der Waals surface area contributed by atoms with Gasteiger partial charge in [0, 0.05) is 18.2 Å². The molecule has 1 fully saturated rings. The van der Waals surface area contributed by atoms with Gasteiger partial charge in [0.2, 0.25) is 0 Å². The van der Waals surface area contributed by atoms with Gasteiger partial charge < -0.3 is 5.32 Å². The van der Waals surface area contributed by atoms with Crippen LogP contribution in [-0.2, 0) is 6.54 Å². The van der Waals surface area contributed by atoms with Gasteiger partial charge in [-0.3, -0.25) is 0 Å². The molecule has 3 rings (SSSR count). The summed E-state index contributed by atoms with van der Waals surface area (Å²) < 4.78 is 27.5. The van der Waals surface area contributed by atoms with E-state index in [1.807, 2.05) is 19.1 Å². The fourth-order valence-electron chi connectivity index (χ4n) is 2.31. The maximum Gasteiger partial charge on any atom is 0.128 e. The van der Waals surface area contributed by atoms with Gasteiger partial charge in [0.1, 0.15) is 11.6 Å². The fraction of sp³-hybridized carbons (Fsp3) is 0.294. The molecule has 3 heteroatoms. The summed E-state index contributed by atoms with van der Waals surface area (Å²) in [6.45, 7) is 2.38. The van der Waals surface area contributed by atoms with Gasteiger partial charge in [-0.25, -0.2) is 8.78 Å². The zero-order valence-corrected chi connectivity index (χ0v) is 11.4. The highest BCUT2D eigenvalue weighted by atomic mass is 19.1. The average Bonchev–Trinajstić information content (AvgIpc) is 3.20. The Bertz CT molecular complexity index is 613. The lowest BCUT2D eigenvalue weighted by Gasteiger charge is -2.08. The summed E-state index contributed by atoms with van der Waals surface area (Å²) in [5.74, 6) is -0.530. The smallest absolute Gasteiger partial charge is 0.128 e. The monoisotopic (exact) mass is 273 g/mol. The van der Waals surface area contributed by atoms with Crippen LogP contribution in [0.2, 0.25) is 0 Å². The molecule has 1 nitrogen and oxygen atoms in total. The van der Waals surface area contributed by atoms with E-state index in [0.717, 1.165) is 5.56 Å². The van der Waals surface area contributed by atoms with Crippen molar-refractivity contribution in [3.8, 4) is 11.1 Å². The first-order valence-corrected chi connectivity index (χ1v) is 6.91. The maximum atomic E-state index is 14.1. The van der Waals surface area contributed by atoms with Crippen LogP contribution < -0.4 is 5.32 Å². The van der Waals surface area contributed by atoms with Gasteiger partial charge in [-0.1, -0.05) is 18.2 Å². The van der Waals surface area contributed by atoms with Crippen molar-refractivity contribution < 1.29 is 8.78 Å².